The van der Waals surface area contributed by atoms with Gasteiger partial charge >= 0.3 is 5.97 Å². The maximum Gasteiger partial charge on any atom is 0.326 e. The Morgan fingerprint density at radius 1 is 1.08 bits per heavy atom. The molecule has 0 aromatic carbocycles. The van der Waals surface area contributed by atoms with Gasteiger partial charge in [-0.05, 0) is 25.3 Å². The number of carbonyl (C=O) groups excluding carboxylic acids is 3. The van der Waals surface area contributed by atoms with Crippen molar-refractivity contribution >= 4 is 23.7 Å². The number of carboxylic acid groups (broad SMARTS) is 1. The van der Waals surface area contributed by atoms with E-state index in [0.29, 0.717) is 32.2 Å². The number of carbonyl (C=O) groups is 4. The first-order chi connectivity index (χ1) is 12.1. The molecule has 0 aliphatic heterocycles. The third-order valence-electron chi connectivity index (χ3n) is 4.12. The molecule has 0 bridgehead atoms. The Bertz CT molecular complexity index is 499. The van der Waals surface area contributed by atoms with Gasteiger partial charge in [0.2, 0.25) is 17.7 Å². The lowest BCUT2D eigenvalue weighted by atomic mass is 9.98. The van der Waals surface area contributed by atoms with Crippen LogP contribution in [0.1, 0.15) is 46.0 Å². The predicted octanol–water partition coefficient (Wildman–Crippen LogP) is -1.58. The van der Waals surface area contributed by atoms with Crippen LogP contribution in [0, 0.1) is 5.92 Å². The number of hydrogen-bond donors (Lipinski definition) is 6. The zero-order valence-corrected chi connectivity index (χ0v) is 15.4. The molecule has 0 aliphatic rings. The number of nitrogens with two attached hydrogens (primary N) is 3. The summed E-state index contributed by atoms with van der Waals surface area (Å²) in [5.74, 6) is -3.74. The minimum absolute atomic E-state index is 0.333. The van der Waals surface area contributed by atoms with Gasteiger partial charge in [-0.3, -0.25) is 14.4 Å². The van der Waals surface area contributed by atoms with Gasteiger partial charge in [-0.15, -0.1) is 0 Å². The first-order valence-corrected chi connectivity index (χ1v) is 8.71. The van der Waals surface area contributed by atoms with Crippen molar-refractivity contribution in [3.05, 3.63) is 0 Å². The Hall–Kier alpha value is -2.20. The molecular weight excluding hydrogens is 342 g/mol. The van der Waals surface area contributed by atoms with Gasteiger partial charge in [0.1, 0.15) is 12.1 Å². The predicted molar refractivity (Wildman–Crippen MR) is 95.6 cm³/mol. The Labute approximate surface area is 153 Å². The van der Waals surface area contributed by atoms with Crippen LogP contribution in [0.4, 0.5) is 0 Å². The summed E-state index contributed by atoms with van der Waals surface area (Å²) in [7, 11) is 0. The number of primary amides is 1. The Balaban J connectivity index is 5.00. The van der Waals surface area contributed by atoms with E-state index < -0.39 is 48.2 Å². The minimum Gasteiger partial charge on any atom is -0.480 e. The molecule has 0 fully saturated rings. The zero-order valence-electron chi connectivity index (χ0n) is 15.4. The number of rotatable bonds is 13. The van der Waals surface area contributed by atoms with E-state index in [0.717, 1.165) is 0 Å². The van der Waals surface area contributed by atoms with Gasteiger partial charge < -0.3 is 32.9 Å². The van der Waals surface area contributed by atoms with Crippen LogP contribution in [-0.2, 0) is 19.2 Å². The van der Waals surface area contributed by atoms with Crippen molar-refractivity contribution in [1.82, 2.24) is 10.6 Å². The van der Waals surface area contributed by atoms with Crippen LogP contribution in [0.3, 0.4) is 0 Å². The summed E-state index contributed by atoms with van der Waals surface area (Å²) in [6.45, 7) is 3.94. The average Bonchev–Trinajstić information content (AvgIpc) is 2.57. The SMILES string of the molecule is CC[C@H](C)[C@H](NC(=O)[C@H](CC(N)=O)NC(=O)[C@@H](N)CCCCN)C(=O)O. The highest BCUT2D eigenvalue weighted by Crippen LogP contribution is 2.09. The molecule has 0 saturated carbocycles. The van der Waals surface area contributed by atoms with E-state index in [-0.39, 0.29) is 5.92 Å². The van der Waals surface area contributed by atoms with Crippen LogP contribution in [-0.4, -0.2) is 53.5 Å². The van der Waals surface area contributed by atoms with E-state index in [4.69, 9.17) is 17.2 Å². The van der Waals surface area contributed by atoms with Crippen molar-refractivity contribution in [2.24, 2.45) is 23.1 Å². The average molecular weight is 373 g/mol. The van der Waals surface area contributed by atoms with E-state index in [1.165, 1.54) is 0 Å². The molecule has 26 heavy (non-hydrogen) atoms. The molecule has 0 radical (unpaired) electrons. The Morgan fingerprint density at radius 2 is 1.69 bits per heavy atom. The summed E-state index contributed by atoms with van der Waals surface area (Å²) in [6, 6.07) is -3.29. The van der Waals surface area contributed by atoms with Crippen LogP contribution in [0.5, 0.6) is 0 Å². The van der Waals surface area contributed by atoms with E-state index in [1.807, 2.05) is 0 Å². The van der Waals surface area contributed by atoms with Gasteiger partial charge in [-0.2, -0.15) is 0 Å². The van der Waals surface area contributed by atoms with Gasteiger partial charge in [0, 0.05) is 0 Å². The monoisotopic (exact) mass is 373 g/mol. The van der Waals surface area contributed by atoms with Crippen LogP contribution >= 0.6 is 0 Å². The quantitative estimate of drug-likeness (QED) is 0.210. The van der Waals surface area contributed by atoms with Crippen LogP contribution in [0.25, 0.3) is 0 Å². The highest BCUT2D eigenvalue weighted by atomic mass is 16.4. The topological polar surface area (TPSA) is 191 Å². The number of nitrogens with one attached hydrogen (secondary N) is 2. The molecular formula is C16H31N5O5. The van der Waals surface area contributed by atoms with E-state index >= 15 is 0 Å². The van der Waals surface area contributed by atoms with Gasteiger partial charge in [-0.1, -0.05) is 26.7 Å². The standard InChI is InChI=1S/C16H31N5O5/c1-3-9(2)13(16(25)26)21-15(24)11(8-12(19)22)20-14(23)10(18)6-4-5-7-17/h9-11,13H,3-8,17-18H2,1-2H3,(H2,19,22)(H,20,23)(H,21,24)(H,25,26)/t9-,10-,11-,13-/m0/s1. The third kappa shape index (κ3) is 8.77. The van der Waals surface area contributed by atoms with Gasteiger partial charge in [0.05, 0.1) is 12.5 Å². The minimum atomic E-state index is -1.29. The summed E-state index contributed by atoms with van der Waals surface area (Å²) >= 11 is 0. The summed E-state index contributed by atoms with van der Waals surface area (Å²) in [5.41, 5.74) is 16.3. The van der Waals surface area contributed by atoms with E-state index in [2.05, 4.69) is 10.6 Å². The molecule has 0 saturated heterocycles. The molecule has 0 unspecified atom stereocenters. The van der Waals surface area contributed by atoms with Gasteiger partial charge in [0.15, 0.2) is 0 Å². The molecule has 0 spiro atoms. The number of unbranched alkanes of at least 4 members (excludes halogenated alkanes) is 1. The Kier molecular flexibility index (Phi) is 11.2. The smallest absolute Gasteiger partial charge is 0.326 e. The van der Waals surface area contributed by atoms with E-state index in [1.54, 1.807) is 13.8 Å². The molecule has 0 aliphatic carbocycles. The molecule has 0 aromatic rings. The fraction of sp³-hybridized carbons (Fsp3) is 0.750. The van der Waals surface area contributed by atoms with Gasteiger partial charge in [0.25, 0.3) is 0 Å². The summed E-state index contributed by atoms with van der Waals surface area (Å²) < 4.78 is 0. The number of aliphatic carboxylic acids is 1. The molecule has 10 nitrogen and oxygen atoms in total. The fourth-order valence-electron chi connectivity index (χ4n) is 2.27. The number of hydrogen-bond acceptors (Lipinski definition) is 6. The summed E-state index contributed by atoms with van der Waals surface area (Å²) in [5, 5.41) is 14.0. The van der Waals surface area contributed by atoms with Crippen LogP contribution in [0.15, 0.2) is 0 Å². The highest BCUT2D eigenvalue weighted by Gasteiger charge is 2.31. The first-order valence-electron chi connectivity index (χ1n) is 8.71. The zero-order chi connectivity index (χ0) is 20.3. The van der Waals surface area contributed by atoms with Crippen LogP contribution in [0.2, 0.25) is 0 Å². The molecule has 0 rings (SSSR count). The van der Waals surface area contributed by atoms with Crippen molar-refractivity contribution < 1.29 is 24.3 Å². The molecule has 0 aromatic heterocycles. The normalized spacial score (nSPS) is 15.4. The third-order valence-corrected chi connectivity index (χ3v) is 4.12. The van der Waals surface area contributed by atoms with Crippen molar-refractivity contribution in [2.45, 2.75) is 64.1 Å². The molecule has 150 valence electrons. The highest BCUT2D eigenvalue weighted by molar-refractivity contribution is 5.94. The lowest BCUT2D eigenvalue weighted by Gasteiger charge is -2.24. The molecule has 9 N–H and O–H groups in total. The molecule has 3 amide bonds. The number of carboxylic acids is 1. The fourth-order valence-corrected chi connectivity index (χ4v) is 2.27. The molecule has 0 heterocycles. The van der Waals surface area contributed by atoms with Gasteiger partial charge in [-0.25, -0.2) is 4.79 Å². The number of amides is 3. The maximum atomic E-state index is 12.4. The van der Waals surface area contributed by atoms with Crippen molar-refractivity contribution in [3.63, 3.8) is 0 Å². The second-order valence-electron chi connectivity index (χ2n) is 6.33. The second-order valence-corrected chi connectivity index (χ2v) is 6.33. The first kappa shape index (κ1) is 23.8. The molecule has 4 atom stereocenters. The second kappa shape index (κ2) is 12.2. The van der Waals surface area contributed by atoms with Crippen molar-refractivity contribution in [2.75, 3.05) is 6.54 Å². The summed E-state index contributed by atoms with van der Waals surface area (Å²) in [4.78, 5) is 47.1. The van der Waals surface area contributed by atoms with E-state index in [9.17, 15) is 24.3 Å². The van der Waals surface area contributed by atoms with Crippen molar-refractivity contribution in [3.8, 4) is 0 Å². The molecule has 10 heteroatoms. The maximum absolute atomic E-state index is 12.4. The Morgan fingerprint density at radius 3 is 2.15 bits per heavy atom. The summed E-state index contributed by atoms with van der Waals surface area (Å²) in [6.07, 6.45) is 1.79. The van der Waals surface area contributed by atoms with Crippen LogP contribution < -0.4 is 27.8 Å². The lowest BCUT2D eigenvalue weighted by Crippen LogP contribution is -2.56. The lowest BCUT2D eigenvalue weighted by molar-refractivity contribution is -0.143. The van der Waals surface area contributed by atoms with Crippen molar-refractivity contribution in [1.29, 1.82) is 0 Å². The largest absolute Gasteiger partial charge is 0.480 e.